The third-order valence-corrected chi connectivity index (χ3v) is 4.11. The molecule has 5 heteroatoms. The largest absolute Gasteiger partial charge is 0.485 e. The van der Waals surface area contributed by atoms with E-state index in [1.807, 2.05) is 12.1 Å². The maximum Gasteiger partial charge on any atom is 0.142 e. The van der Waals surface area contributed by atoms with Gasteiger partial charge >= 0.3 is 0 Å². The van der Waals surface area contributed by atoms with Gasteiger partial charge in [-0.25, -0.2) is 4.39 Å². The van der Waals surface area contributed by atoms with Gasteiger partial charge in [-0.3, -0.25) is 0 Å². The average molecular weight is 326 g/mol. The molecule has 0 aliphatic carbocycles. The van der Waals surface area contributed by atoms with Crippen LogP contribution in [0.15, 0.2) is 42.5 Å². The number of benzene rings is 2. The molecule has 0 amide bonds. The monoisotopic (exact) mass is 325 g/mol. The number of hydrogen-bond donors (Lipinski definition) is 1. The van der Waals surface area contributed by atoms with E-state index in [1.54, 1.807) is 24.3 Å². The Hall–Kier alpha value is -1.29. The first kappa shape index (κ1) is 14.6. The number of nitrogens with one attached hydrogen (secondary N) is 1. The summed E-state index contributed by atoms with van der Waals surface area (Å²) in [6.45, 7) is 1.69. The highest BCUT2D eigenvalue weighted by Gasteiger charge is 2.30. The van der Waals surface area contributed by atoms with Gasteiger partial charge in [0.15, 0.2) is 0 Å². The van der Waals surface area contributed by atoms with Gasteiger partial charge in [0.25, 0.3) is 0 Å². The minimum atomic E-state index is -0.429. The first-order valence-electron chi connectivity index (χ1n) is 6.71. The second-order valence-electron chi connectivity index (χ2n) is 5.09. The van der Waals surface area contributed by atoms with Crippen LogP contribution < -0.4 is 10.1 Å². The van der Waals surface area contributed by atoms with Crippen molar-refractivity contribution in [2.75, 3.05) is 13.1 Å². The molecule has 2 aromatic rings. The first-order chi connectivity index (χ1) is 10.1. The van der Waals surface area contributed by atoms with Gasteiger partial charge in [0.1, 0.15) is 17.7 Å². The maximum absolute atomic E-state index is 13.7. The van der Waals surface area contributed by atoms with E-state index in [0.29, 0.717) is 16.7 Å². The lowest BCUT2D eigenvalue weighted by atomic mass is 9.90. The molecule has 1 heterocycles. The molecular formula is C16H14Cl2FNO. The van der Waals surface area contributed by atoms with E-state index in [1.165, 1.54) is 6.07 Å². The molecule has 21 heavy (non-hydrogen) atoms. The molecule has 0 spiro atoms. The van der Waals surface area contributed by atoms with Crippen LogP contribution in [-0.2, 0) is 0 Å². The van der Waals surface area contributed by atoms with Crippen molar-refractivity contribution in [3.05, 3.63) is 63.9 Å². The van der Waals surface area contributed by atoms with Crippen LogP contribution in [-0.4, -0.2) is 13.1 Å². The number of ether oxygens (including phenoxy) is 1. The van der Waals surface area contributed by atoms with Crippen molar-refractivity contribution in [3.63, 3.8) is 0 Å². The highest BCUT2D eigenvalue weighted by molar-refractivity contribution is 6.31. The lowest BCUT2D eigenvalue weighted by Gasteiger charge is -2.35. The topological polar surface area (TPSA) is 21.3 Å². The summed E-state index contributed by atoms with van der Waals surface area (Å²) in [6, 6.07) is 12.0. The van der Waals surface area contributed by atoms with Crippen molar-refractivity contribution < 1.29 is 9.13 Å². The van der Waals surface area contributed by atoms with Gasteiger partial charge in [0, 0.05) is 24.0 Å². The summed E-state index contributed by atoms with van der Waals surface area (Å²) in [5.74, 6) is 0.542. The standard InChI is InChI=1S/C16H14Cl2FNO/c17-12-2-1-3-13(7-12)21-16(11-8-20-9-11)10-4-5-14(18)15(19)6-10/h1-7,11,16,20H,8-9H2. The van der Waals surface area contributed by atoms with Crippen LogP contribution >= 0.6 is 23.2 Å². The van der Waals surface area contributed by atoms with Crippen molar-refractivity contribution in [2.45, 2.75) is 6.10 Å². The van der Waals surface area contributed by atoms with Gasteiger partial charge in [0.2, 0.25) is 0 Å². The van der Waals surface area contributed by atoms with Crippen molar-refractivity contribution in [1.29, 1.82) is 0 Å². The van der Waals surface area contributed by atoms with Crippen molar-refractivity contribution in [2.24, 2.45) is 5.92 Å². The van der Waals surface area contributed by atoms with Crippen molar-refractivity contribution in [3.8, 4) is 5.75 Å². The third-order valence-electron chi connectivity index (χ3n) is 3.57. The minimum absolute atomic E-state index is 0.118. The van der Waals surface area contributed by atoms with Gasteiger partial charge in [-0.05, 0) is 35.9 Å². The van der Waals surface area contributed by atoms with E-state index in [9.17, 15) is 4.39 Å². The lowest BCUT2D eigenvalue weighted by molar-refractivity contribution is 0.0990. The molecule has 1 N–H and O–H groups in total. The summed E-state index contributed by atoms with van der Waals surface area (Å²) in [5.41, 5.74) is 0.781. The Morgan fingerprint density at radius 2 is 1.95 bits per heavy atom. The second kappa shape index (κ2) is 6.22. The zero-order valence-corrected chi connectivity index (χ0v) is 12.7. The Balaban J connectivity index is 1.88. The molecule has 1 atom stereocenters. The summed E-state index contributed by atoms with van der Waals surface area (Å²) in [4.78, 5) is 0. The van der Waals surface area contributed by atoms with Gasteiger partial charge in [0.05, 0.1) is 5.02 Å². The van der Waals surface area contributed by atoms with Gasteiger partial charge in [-0.1, -0.05) is 35.3 Å². The molecule has 2 nitrogen and oxygen atoms in total. The summed E-state index contributed by atoms with van der Waals surface area (Å²) < 4.78 is 19.7. The van der Waals surface area contributed by atoms with Gasteiger partial charge in [-0.15, -0.1) is 0 Å². The molecule has 1 unspecified atom stereocenters. The number of hydrogen-bond acceptors (Lipinski definition) is 2. The number of rotatable bonds is 4. The SMILES string of the molecule is Fc1cc(C(Oc2cccc(Cl)c2)C2CNC2)ccc1Cl. The van der Waals surface area contributed by atoms with Gasteiger partial charge < -0.3 is 10.1 Å². The Bertz CT molecular complexity index is 646. The summed E-state index contributed by atoms with van der Waals surface area (Å²) >= 11 is 11.7. The molecular weight excluding hydrogens is 312 g/mol. The van der Waals surface area contributed by atoms with E-state index in [-0.39, 0.29) is 11.1 Å². The van der Waals surface area contributed by atoms with E-state index in [4.69, 9.17) is 27.9 Å². The first-order valence-corrected chi connectivity index (χ1v) is 7.47. The summed E-state index contributed by atoms with van der Waals surface area (Å²) in [7, 11) is 0. The Kier molecular flexibility index (Phi) is 4.34. The fourth-order valence-electron chi connectivity index (χ4n) is 2.34. The lowest BCUT2D eigenvalue weighted by Crippen LogP contribution is -2.46. The summed E-state index contributed by atoms with van der Waals surface area (Å²) in [5, 5.41) is 3.94. The Morgan fingerprint density at radius 3 is 2.57 bits per heavy atom. The van der Waals surface area contributed by atoms with E-state index >= 15 is 0 Å². The van der Waals surface area contributed by atoms with Crippen LogP contribution in [0.4, 0.5) is 4.39 Å². The molecule has 1 aliphatic heterocycles. The fourth-order valence-corrected chi connectivity index (χ4v) is 2.64. The fraction of sp³-hybridized carbons (Fsp3) is 0.250. The van der Waals surface area contributed by atoms with Crippen LogP contribution in [0.5, 0.6) is 5.75 Å². The molecule has 1 aliphatic rings. The predicted molar refractivity (Wildman–Crippen MR) is 82.6 cm³/mol. The van der Waals surface area contributed by atoms with E-state index < -0.39 is 5.82 Å². The molecule has 0 bridgehead atoms. The maximum atomic E-state index is 13.7. The molecule has 0 radical (unpaired) electrons. The molecule has 0 saturated carbocycles. The van der Waals surface area contributed by atoms with Crippen LogP contribution in [0.2, 0.25) is 10.0 Å². The average Bonchev–Trinajstić information content (AvgIpc) is 2.39. The zero-order chi connectivity index (χ0) is 14.8. The molecule has 0 aromatic heterocycles. The highest BCUT2D eigenvalue weighted by Crippen LogP contribution is 2.33. The molecule has 110 valence electrons. The Labute approximate surface area is 132 Å². The zero-order valence-electron chi connectivity index (χ0n) is 11.2. The van der Waals surface area contributed by atoms with E-state index in [0.717, 1.165) is 18.7 Å². The van der Waals surface area contributed by atoms with Crippen LogP contribution in [0.25, 0.3) is 0 Å². The van der Waals surface area contributed by atoms with Crippen molar-refractivity contribution >= 4 is 23.2 Å². The third kappa shape index (κ3) is 3.31. The van der Waals surface area contributed by atoms with Crippen LogP contribution in [0.1, 0.15) is 11.7 Å². The molecule has 1 fully saturated rings. The second-order valence-corrected chi connectivity index (χ2v) is 5.93. The molecule has 2 aromatic carbocycles. The van der Waals surface area contributed by atoms with Crippen LogP contribution in [0, 0.1) is 11.7 Å². The van der Waals surface area contributed by atoms with Crippen molar-refractivity contribution in [1.82, 2.24) is 5.32 Å². The van der Waals surface area contributed by atoms with Crippen LogP contribution in [0.3, 0.4) is 0 Å². The Morgan fingerprint density at radius 1 is 1.14 bits per heavy atom. The highest BCUT2D eigenvalue weighted by atomic mass is 35.5. The summed E-state index contributed by atoms with van der Waals surface area (Å²) in [6.07, 6.45) is -0.225. The molecule has 1 saturated heterocycles. The smallest absolute Gasteiger partial charge is 0.142 e. The van der Waals surface area contributed by atoms with E-state index in [2.05, 4.69) is 5.32 Å². The van der Waals surface area contributed by atoms with Gasteiger partial charge in [-0.2, -0.15) is 0 Å². The molecule has 3 rings (SSSR count). The minimum Gasteiger partial charge on any atom is -0.485 e. The number of halogens is 3. The predicted octanol–water partition coefficient (Wildman–Crippen LogP) is 4.47. The normalized spacial score (nSPS) is 16.3. The quantitative estimate of drug-likeness (QED) is 0.895.